The van der Waals surface area contributed by atoms with Gasteiger partial charge in [0.1, 0.15) is 13.2 Å². The minimum Gasteiger partial charge on any atom is -0.458 e. The monoisotopic (exact) mass is 311 g/mol. The third-order valence-electron chi connectivity index (χ3n) is 2.16. The zero-order valence-electron chi connectivity index (χ0n) is 12.8. The third-order valence-corrected chi connectivity index (χ3v) is 2.16. The number of ether oxygens (including phenoxy) is 3. The Morgan fingerprint density at radius 3 is 1.86 bits per heavy atom. The lowest BCUT2D eigenvalue weighted by molar-refractivity contribution is -0.147. The summed E-state index contributed by atoms with van der Waals surface area (Å²) in [7, 11) is 0. The van der Waals surface area contributed by atoms with Crippen LogP contribution in [0.3, 0.4) is 0 Å². The predicted molar refractivity (Wildman–Crippen MR) is 80.0 cm³/mol. The van der Waals surface area contributed by atoms with Gasteiger partial charge in [0.15, 0.2) is 6.10 Å². The molecule has 0 aromatic heterocycles. The van der Waals surface area contributed by atoms with Crippen LogP contribution in [0.2, 0.25) is 0 Å². The van der Waals surface area contributed by atoms with Crippen LogP contribution in [0.5, 0.6) is 0 Å². The van der Waals surface area contributed by atoms with Crippen LogP contribution in [0.4, 0.5) is 4.79 Å². The van der Waals surface area contributed by atoms with Gasteiger partial charge < -0.3 is 19.5 Å². The summed E-state index contributed by atoms with van der Waals surface area (Å²) in [6, 6.07) is 0. The zero-order chi connectivity index (χ0) is 17.1. The Balaban J connectivity index is 4.53. The van der Waals surface area contributed by atoms with E-state index in [0.29, 0.717) is 0 Å². The number of esters is 2. The van der Waals surface area contributed by atoms with Crippen molar-refractivity contribution in [2.45, 2.75) is 20.0 Å². The van der Waals surface area contributed by atoms with Crippen molar-refractivity contribution in [2.24, 2.45) is 0 Å². The zero-order valence-corrected chi connectivity index (χ0v) is 12.8. The standard InChI is InChI=1S/C15H21NO6/c1-6-7-16-15(19)22-12(8-20-13(17)10(2)3)9-21-14(18)11(4)5/h6,12H,1-2,4,7-9H2,3,5H3,(H,16,19). The minimum absolute atomic E-state index is 0.203. The van der Waals surface area contributed by atoms with Gasteiger partial charge in [-0.15, -0.1) is 6.58 Å². The Kier molecular flexibility index (Phi) is 9.01. The van der Waals surface area contributed by atoms with Crippen LogP contribution < -0.4 is 5.32 Å². The minimum atomic E-state index is -0.948. The summed E-state index contributed by atoms with van der Waals surface area (Å²) in [5.41, 5.74) is 0.405. The van der Waals surface area contributed by atoms with E-state index >= 15 is 0 Å². The average molecular weight is 311 g/mol. The van der Waals surface area contributed by atoms with Gasteiger partial charge in [-0.2, -0.15) is 0 Å². The van der Waals surface area contributed by atoms with Gasteiger partial charge in [0.25, 0.3) is 0 Å². The molecule has 0 unspecified atom stereocenters. The lowest BCUT2D eigenvalue weighted by atomic mass is 10.3. The summed E-state index contributed by atoms with van der Waals surface area (Å²) >= 11 is 0. The molecule has 0 atom stereocenters. The molecular weight excluding hydrogens is 290 g/mol. The first-order valence-corrected chi connectivity index (χ1v) is 6.48. The molecule has 0 aliphatic rings. The van der Waals surface area contributed by atoms with Crippen molar-refractivity contribution in [3.8, 4) is 0 Å². The summed E-state index contributed by atoms with van der Waals surface area (Å²) in [5.74, 6) is -1.27. The van der Waals surface area contributed by atoms with Crippen molar-refractivity contribution in [2.75, 3.05) is 19.8 Å². The maximum atomic E-state index is 11.5. The van der Waals surface area contributed by atoms with E-state index in [2.05, 4.69) is 25.1 Å². The second-order valence-electron chi connectivity index (χ2n) is 4.45. The molecule has 0 aromatic carbocycles. The van der Waals surface area contributed by atoms with E-state index in [-0.39, 0.29) is 30.9 Å². The van der Waals surface area contributed by atoms with Crippen molar-refractivity contribution >= 4 is 18.0 Å². The number of rotatable bonds is 9. The second-order valence-corrected chi connectivity index (χ2v) is 4.45. The molecule has 1 amide bonds. The number of nitrogens with one attached hydrogen (secondary N) is 1. The van der Waals surface area contributed by atoms with E-state index in [4.69, 9.17) is 14.2 Å². The Bertz CT molecular complexity index is 439. The van der Waals surface area contributed by atoms with E-state index in [9.17, 15) is 14.4 Å². The van der Waals surface area contributed by atoms with Gasteiger partial charge in [-0.1, -0.05) is 19.2 Å². The van der Waals surface area contributed by atoms with Gasteiger partial charge in [0.2, 0.25) is 0 Å². The van der Waals surface area contributed by atoms with Crippen LogP contribution in [0.25, 0.3) is 0 Å². The van der Waals surface area contributed by atoms with Gasteiger partial charge in [-0.3, -0.25) is 0 Å². The lowest BCUT2D eigenvalue weighted by Crippen LogP contribution is -2.35. The molecule has 122 valence electrons. The highest BCUT2D eigenvalue weighted by molar-refractivity contribution is 5.87. The fraction of sp³-hybridized carbons (Fsp3) is 0.400. The molecule has 0 aliphatic heterocycles. The highest BCUT2D eigenvalue weighted by Crippen LogP contribution is 2.02. The van der Waals surface area contributed by atoms with Gasteiger partial charge in [0, 0.05) is 17.7 Å². The number of carbonyl (C=O) groups is 3. The van der Waals surface area contributed by atoms with Gasteiger partial charge in [0.05, 0.1) is 0 Å². The number of hydrogen-bond donors (Lipinski definition) is 1. The predicted octanol–water partition coefficient (Wildman–Crippen LogP) is 1.51. The van der Waals surface area contributed by atoms with E-state index in [1.54, 1.807) is 0 Å². The number of alkyl carbamates (subject to hydrolysis) is 1. The first-order valence-electron chi connectivity index (χ1n) is 6.48. The van der Waals surface area contributed by atoms with Crippen molar-refractivity contribution in [3.63, 3.8) is 0 Å². The molecule has 0 aliphatic carbocycles. The lowest BCUT2D eigenvalue weighted by Gasteiger charge is -2.18. The highest BCUT2D eigenvalue weighted by Gasteiger charge is 2.19. The van der Waals surface area contributed by atoms with Crippen molar-refractivity contribution in [1.29, 1.82) is 0 Å². The first kappa shape index (κ1) is 19.4. The normalized spacial score (nSPS) is 9.59. The van der Waals surface area contributed by atoms with E-state index in [0.717, 1.165) is 0 Å². The fourth-order valence-corrected chi connectivity index (χ4v) is 1.05. The molecule has 0 radical (unpaired) electrons. The number of amides is 1. The van der Waals surface area contributed by atoms with Crippen LogP contribution >= 0.6 is 0 Å². The van der Waals surface area contributed by atoms with Gasteiger partial charge >= 0.3 is 18.0 Å². The molecule has 0 saturated carbocycles. The molecule has 0 bridgehead atoms. The average Bonchev–Trinajstić information content (AvgIpc) is 2.46. The van der Waals surface area contributed by atoms with Crippen LogP contribution in [0.1, 0.15) is 13.8 Å². The molecule has 1 N–H and O–H groups in total. The van der Waals surface area contributed by atoms with Crippen molar-refractivity contribution in [3.05, 3.63) is 37.0 Å². The number of carbonyl (C=O) groups excluding carboxylic acids is 3. The van der Waals surface area contributed by atoms with E-state index in [1.165, 1.54) is 19.9 Å². The summed E-state index contributed by atoms with van der Waals surface area (Å²) in [5, 5.41) is 2.39. The smallest absolute Gasteiger partial charge is 0.407 e. The Labute approximate surface area is 129 Å². The fourth-order valence-electron chi connectivity index (χ4n) is 1.05. The van der Waals surface area contributed by atoms with E-state index < -0.39 is 24.1 Å². The quantitative estimate of drug-likeness (QED) is 0.300. The summed E-state index contributed by atoms with van der Waals surface area (Å²) < 4.78 is 14.8. The molecule has 0 fully saturated rings. The third kappa shape index (κ3) is 8.57. The van der Waals surface area contributed by atoms with Crippen LogP contribution in [0, 0.1) is 0 Å². The largest absolute Gasteiger partial charge is 0.458 e. The molecule has 0 rings (SSSR count). The topological polar surface area (TPSA) is 90.9 Å². The molecule has 7 heteroatoms. The van der Waals surface area contributed by atoms with Crippen LogP contribution in [-0.4, -0.2) is 43.9 Å². The summed E-state index contributed by atoms with van der Waals surface area (Å²) in [4.78, 5) is 34.1. The van der Waals surface area contributed by atoms with Crippen LogP contribution in [-0.2, 0) is 23.8 Å². The summed E-state index contributed by atoms with van der Waals surface area (Å²) in [6.07, 6.45) is -0.225. The molecular formula is C15H21NO6. The second kappa shape index (κ2) is 10.2. The maximum Gasteiger partial charge on any atom is 0.407 e. The molecule has 0 spiro atoms. The maximum absolute atomic E-state index is 11.5. The Morgan fingerprint density at radius 2 is 1.50 bits per heavy atom. The number of hydrogen-bond acceptors (Lipinski definition) is 6. The SMILES string of the molecule is C=CCNC(=O)OC(COC(=O)C(=C)C)COC(=O)C(=C)C. The highest BCUT2D eigenvalue weighted by atomic mass is 16.6. The van der Waals surface area contributed by atoms with Crippen molar-refractivity contribution < 1.29 is 28.6 Å². The van der Waals surface area contributed by atoms with Gasteiger partial charge in [-0.05, 0) is 13.8 Å². The van der Waals surface area contributed by atoms with Crippen molar-refractivity contribution in [1.82, 2.24) is 5.32 Å². The van der Waals surface area contributed by atoms with Gasteiger partial charge in [-0.25, -0.2) is 14.4 Å². The molecule has 0 saturated heterocycles. The Morgan fingerprint density at radius 1 is 1.05 bits per heavy atom. The molecule has 7 nitrogen and oxygen atoms in total. The molecule has 0 aromatic rings. The van der Waals surface area contributed by atoms with Crippen LogP contribution in [0.15, 0.2) is 37.0 Å². The first-order chi connectivity index (χ1) is 10.3. The Hall–Kier alpha value is -2.57. The molecule has 22 heavy (non-hydrogen) atoms. The summed E-state index contributed by atoms with van der Waals surface area (Å²) in [6.45, 7) is 12.9. The molecule has 0 heterocycles. The van der Waals surface area contributed by atoms with E-state index in [1.807, 2.05) is 0 Å².